The van der Waals surface area contributed by atoms with Gasteiger partial charge >= 0.3 is 0 Å². The van der Waals surface area contributed by atoms with Crippen LogP contribution in [0.15, 0.2) is 40.8 Å². The van der Waals surface area contributed by atoms with E-state index in [1.54, 1.807) is 18.2 Å². The molecule has 0 spiro atoms. The Hall–Kier alpha value is -1.25. The maximum atomic E-state index is 11.8. The number of carbonyl (C=O) groups excluding carboxylic acids is 1. The summed E-state index contributed by atoms with van der Waals surface area (Å²) in [7, 11) is 0. The van der Waals surface area contributed by atoms with Crippen LogP contribution < -0.4 is 0 Å². The van der Waals surface area contributed by atoms with Gasteiger partial charge in [0.2, 0.25) is 5.78 Å². The number of carbonyl (C=O) groups is 1. The molecule has 2 aromatic rings. The lowest BCUT2D eigenvalue weighted by molar-refractivity contribution is 0.0966. The molecule has 0 amide bonds. The predicted octanol–water partition coefficient (Wildman–Crippen LogP) is 4.01. The highest BCUT2D eigenvalue weighted by atomic mass is 35.5. The van der Waals surface area contributed by atoms with Crippen molar-refractivity contribution in [1.82, 2.24) is 0 Å². The molecule has 2 rings (SSSR count). The van der Waals surface area contributed by atoms with E-state index in [0.29, 0.717) is 5.02 Å². The van der Waals surface area contributed by atoms with Crippen molar-refractivity contribution in [2.75, 3.05) is 0 Å². The third-order valence-corrected chi connectivity index (χ3v) is 2.73. The van der Waals surface area contributed by atoms with Crippen molar-refractivity contribution in [3.8, 4) is 0 Å². The Morgan fingerprint density at radius 2 is 1.88 bits per heavy atom. The minimum absolute atomic E-state index is 0.139. The first-order valence-corrected chi connectivity index (χ1v) is 5.44. The van der Waals surface area contributed by atoms with Gasteiger partial charge in [0.15, 0.2) is 11.0 Å². The van der Waals surface area contributed by atoms with E-state index in [4.69, 9.17) is 27.6 Å². The van der Waals surface area contributed by atoms with Crippen molar-refractivity contribution in [3.05, 3.63) is 58.0 Å². The molecule has 16 heavy (non-hydrogen) atoms. The summed E-state index contributed by atoms with van der Waals surface area (Å²) in [6, 6.07) is 10.3. The minimum atomic E-state index is -0.139. The molecule has 0 fully saturated rings. The molecule has 0 saturated heterocycles. The number of halogens is 2. The van der Waals surface area contributed by atoms with Crippen molar-refractivity contribution in [2.24, 2.45) is 0 Å². The lowest BCUT2D eigenvalue weighted by Crippen LogP contribution is -2.02. The molecule has 0 aliphatic rings. The summed E-state index contributed by atoms with van der Waals surface area (Å²) in [5.74, 6) is 0.116. The molecule has 0 atom stereocenters. The molecule has 0 aliphatic heterocycles. The standard InChI is InChI=1S/C12H8Cl2O2/c13-9-4-2-1-3-8(9)7-10(15)11-5-6-12(14)16-11/h1-6H,7H2. The Kier molecular flexibility index (Phi) is 3.32. The Morgan fingerprint density at radius 1 is 1.12 bits per heavy atom. The fraction of sp³-hybridized carbons (Fsp3) is 0.0833. The van der Waals surface area contributed by atoms with Gasteiger partial charge in [-0.3, -0.25) is 4.79 Å². The van der Waals surface area contributed by atoms with Crippen LogP contribution in [0.5, 0.6) is 0 Å². The quantitative estimate of drug-likeness (QED) is 0.775. The van der Waals surface area contributed by atoms with E-state index in [9.17, 15) is 4.79 Å². The van der Waals surface area contributed by atoms with Crippen LogP contribution >= 0.6 is 23.2 Å². The maximum Gasteiger partial charge on any atom is 0.202 e. The number of ketones is 1. The second-order valence-corrected chi connectivity index (χ2v) is 4.07. The van der Waals surface area contributed by atoms with E-state index in [2.05, 4.69) is 0 Å². The van der Waals surface area contributed by atoms with Gasteiger partial charge in [0.05, 0.1) is 0 Å². The van der Waals surface area contributed by atoms with Crippen LogP contribution in [0.25, 0.3) is 0 Å². The Labute approximate surface area is 103 Å². The summed E-state index contributed by atoms with van der Waals surface area (Å²) in [6.45, 7) is 0. The number of hydrogen-bond donors (Lipinski definition) is 0. The summed E-state index contributed by atoms with van der Waals surface area (Å²) < 4.78 is 5.03. The van der Waals surface area contributed by atoms with Crippen LogP contribution in [0.3, 0.4) is 0 Å². The normalized spacial score (nSPS) is 10.4. The van der Waals surface area contributed by atoms with Gasteiger partial charge in [-0.25, -0.2) is 0 Å². The number of furan rings is 1. The molecule has 1 aromatic carbocycles. The Balaban J connectivity index is 2.17. The highest BCUT2D eigenvalue weighted by Crippen LogP contribution is 2.19. The number of rotatable bonds is 3. The number of Topliss-reactive ketones (excluding diaryl/α,β-unsaturated/α-hetero) is 1. The second-order valence-electron chi connectivity index (χ2n) is 3.30. The van der Waals surface area contributed by atoms with Gasteiger partial charge in [-0.05, 0) is 35.4 Å². The van der Waals surface area contributed by atoms with E-state index >= 15 is 0 Å². The number of benzene rings is 1. The van der Waals surface area contributed by atoms with Gasteiger partial charge in [0, 0.05) is 11.4 Å². The zero-order valence-corrected chi connectivity index (χ0v) is 9.76. The van der Waals surface area contributed by atoms with Crippen LogP contribution in [-0.2, 0) is 6.42 Å². The van der Waals surface area contributed by atoms with Crippen molar-refractivity contribution in [3.63, 3.8) is 0 Å². The molecule has 0 saturated carbocycles. The second kappa shape index (κ2) is 4.73. The van der Waals surface area contributed by atoms with Gasteiger partial charge < -0.3 is 4.42 Å². The highest BCUT2D eigenvalue weighted by Gasteiger charge is 2.12. The Morgan fingerprint density at radius 3 is 2.50 bits per heavy atom. The lowest BCUT2D eigenvalue weighted by atomic mass is 10.1. The molecule has 1 aromatic heterocycles. The van der Waals surface area contributed by atoms with Crippen molar-refractivity contribution >= 4 is 29.0 Å². The highest BCUT2D eigenvalue weighted by molar-refractivity contribution is 6.31. The van der Waals surface area contributed by atoms with Crippen LogP contribution in [0, 0.1) is 0 Å². The maximum absolute atomic E-state index is 11.8. The van der Waals surface area contributed by atoms with Crippen LogP contribution in [0.4, 0.5) is 0 Å². The summed E-state index contributed by atoms with van der Waals surface area (Å²) in [5.41, 5.74) is 0.779. The molecular formula is C12H8Cl2O2. The fourth-order valence-corrected chi connectivity index (χ4v) is 1.71. The first kappa shape index (κ1) is 11.2. The fourth-order valence-electron chi connectivity index (χ4n) is 1.37. The third kappa shape index (κ3) is 2.46. The molecule has 4 heteroatoms. The van der Waals surface area contributed by atoms with E-state index in [1.807, 2.05) is 18.2 Å². The summed E-state index contributed by atoms with van der Waals surface area (Å²) in [6.07, 6.45) is 0.212. The molecule has 1 heterocycles. The monoisotopic (exact) mass is 254 g/mol. The van der Waals surface area contributed by atoms with Gasteiger partial charge in [0.25, 0.3) is 0 Å². The molecule has 82 valence electrons. The molecule has 2 nitrogen and oxygen atoms in total. The molecule has 0 bridgehead atoms. The van der Waals surface area contributed by atoms with E-state index in [1.165, 1.54) is 0 Å². The third-order valence-electron chi connectivity index (χ3n) is 2.16. The van der Waals surface area contributed by atoms with Gasteiger partial charge in [-0.1, -0.05) is 29.8 Å². The largest absolute Gasteiger partial charge is 0.442 e. The zero-order chi connectivity index (χ0) is 11.5. The summed E-state index contributed by atoms with van der Waals surface area (Å²) in [5, 5.41) is 0.788. The molecule has 0 aliphatic carbocycles. The van der Waals surface area contributed by atoms with Crippen LogP contribution in [-0.4, -0.2) is 5.78 Å². The van der Waals surface area contributed by atoms with Crippen LogP contribution in [0.2, 0.25) is 10.2 Å². The van der Waals surface area contributed by atoms with E-state index in [-0.39, 0.29) is 23.2 Å². The lowest BCUT2D eigenvalue weighted by Gasteiger charge is -2.01. The first-order chi connectivity index (χ1) is 7.66. The summed E-state index contributed by atoms with van der Waals surface area (Å²) in [4.78, 5) is 11.8. The van der Waals surface area contributed by atoms with Crippen molar-refractivity contribution < 1.29 is 9.21 Å². The average Bonchev–Trinajstić information content (AvgIpc) is 2.68. The van der Waals surface area contributed by atoms with E-state index < -0.39 is 0 Å². The van der Waals surface area contributed by atoms with Gasteiger partial charge in [0.1, 0.15) is 0 Å². The Bertz CT molecular complexity index is 517. The average molecular weight is 255 g/mol. The molecule has 0 N–H and O–H groups in total. The molecular weight excluding hydrogens is 247 g/mol. The summed E-state index contributed by atoms with van der Waals surface area (Å²) >= 11 is 11.5. The van der Waals surface area contributed by atoms with E-state index in [0.717, 1.165) is 5.56 Å². The SMILES string of the molecule is O=C(Cc1ccccc1Cl)c1ccc(Cl)o1. The van der Waals surface area contributed by atoms with Gasteiger partial charge in [-0.2, -0.15) is 0 Å². The minimum Gasteiger partial charge on any atom is -0.442 e. The topological polar surface area (TPSA) is 30.2 Å². The van der Waals surface area contributed by atoms with Gasteiger partial charge in [-0.15, -0.1) is 0 Å². The number of hydrogen-bond acceptors (Lipinski definition) is 2. The predicted molar refractivity (Wildman–Crippen MR) is 63.2 cm³/mol. The molecule has 0 unspecified atom stereocenters. The van der Waals surface area contributed by atoms with Crippen molar-refractivity contribution in [2.45, 2.75) is 6.42 Å². The zero-order valence-electron chi connectivity index (χ0n) is 8.24. The first-order valence-electron chi connectivity index (χ1n) is 4.69. The molecule has 0 radical (unpaired) electrons. The van der Waals surface area contributed by atoms with Crippen LogP contribution in [0.1, 0.15) is 16.1 Å². The van der Waals surface area contributed by atoms with Crippen molar-refractivity contribution in [1.29, 1.82) is 0 Å². The smallest absolute Gasteiger partial charge is 0.202 e.